The van der Waals surface area contributed by atoms with Crippen molar-refractivity contribution in [2.45, 2.75) is 28.2 Å². The number of fused-ring (bicyclic) bond motifs is 1. The number of thiazole rings is 1. The summed E-state index contributed by atoms with van der Waals surface area (Å²) in [7, 11) is 0. The van der Waals surface area contributed by atoms with E-state index < -0.39 is 41.1 Å². The number of nitrogen functional groups attached to an aromatic ring is 1. The normalized spacial score (nSPS) is 19.5. The van der Waals surface area contributed by atoms with Crippen molar-refractivity contribution in [2.75, 3.05) is 17.2 Å². The van der Waals surface area contributed by atoms with Gasteiger partial charge >= 0.3 is 5.97 Å². The van der Waals surface area contributed by atoms with Crippen LogP contribution in [0.2, 0.25) is 0 Å². The zero-order chi connectivity index (χ0) is 29.5. The number of oxime groups is 1. The molecule has 0 saturated carbocycles. The SMILES string of the molecule is NC=NC(CSCc1cnccc1SC1=C(C(=O)O)N2C(=O)[C@@H](NC(=O)/C(=N\O)c3csc(N)n3)[C@@H]2SC1)NC=O. The second-order valence-electron chi connectivity index (χ2n) is 8.16. The summed E-state index contributed by atoms with van der Waals surface area (Å²) in [6.07, 6.45) is 4.42. The summed E-state index contributed by atoms with van der Waals surface area (Å²) in [6.45, 7) is 0. The number of carbonyl (C=O) groups excluding carboxylic acids is 3. The quantitative estimate of drug-likeness (QED) is 0.0426. The number of pyridine rings is 1. The Balaban J connectivity index is 1.47. The van der Waals surface area contributed by atoms with Crippen molar-refractivity contribution >= 4 is 88.0 Å². The number of β-lactam (4-membered cyclic amide) rings is 1. The molecular weight excluding hydrogens is 615 g/mol. The molecule has 216 valence electrons. The summed E-state index contributed by atoms with van der Waals surface area (Å²) in [5, 5.41) is 28.4. The lowest BCUT2D eigenvalue weighted by Crippen LogP contribution is -2.71. The van der Waals surface area contributed by atoms with Gasteiger partial charge in [-0.3, -0.25) is 29.3 Å². The van der Waals surface area contributed by atoms with E-state index in [4.69, 9.17) is 11.5 Å². The Morgan fingerprint density at radius 2 is 2.20 bits per heavy atom. The highest BCUT2D eigenvalue weighted by molar-refractivity contribution is 8.06. The Labute approximate surface area is 249 Å². The predicted octanol–water partition coefficient (Wildman–Crippen LogP) is 0.0793. The molecule has 4 rings (SSSR count). The van der Waals surface area contributed by atoms with Gasteiger partial charge in [-0.1, -0.05) is 16.9 Å². The predicted molar refractivity (Wildman–Crippen MR) is 156 cm³/mol. The first-order valence-electron chi connectivity index (χ1n) is 11.6. The number of rotatable bonds is 13. The third-order valence-electron chi connectivity index (χ3n) is 5.65. The van der Waals surface area contributed by atoms with Gasteiger partial charge in [-0.2, -0.15) is 11.8 Å². The Morgan fingerprint density at radius 1 is 1.39 bits per heavy atom. The van der Waals surface area contributed by atoms with Gasteiger partial charge in [-0.05, 0) is 11.6 Å². The van der Waals surface area contributed by atoms with Gasteiger partial charge in [0.25, 0.3) is 11.8 Å². The molecule has 3 atom stereocenters. The van der Waals surface area contributed by atoms with Crippen LogP contribution in [0.3, 0.4) is 0 Å². The van der Waals surface area contributed by atoms with Crippen LogP contribution in [0.4, 0.5) is 5.13 Å². The van der Waals surface area contributed by atoms with Crippen LogP contribution in [0.1, 0.15) is 11.3 Å². The van der Waals surface area contributed by atoms with Gasteiger partial charge in [0, 0.05) is 44.8 Å². The van der Waals surface area contributed by atoms with E-state index in [9.17, 15) is 29.5 Å². The van der Waals surface area contributed by atoms with E-state index in [1.807, 2.05) is 0 Å². The van der Waals surface area contributed by atoms with Gasteiger partial charge in [0.2, 0.25) is 6.41 Å². The number of aliphatic imine (C=N–C) groups is 1. The highest BCUT2D eigenvalue weighted by atomic mass is 32.2. The number of aromatic nitrogens is 2. The standard InChI is InChI=1S/C22H23N9O6S4/c23-8-26-14(27-9-32)7-38-4-10-3-25-2-1-12(10)41-13-6-39-20-16(19(34)31(20)17(13)21(35)36)29-18(33)15(30-37)11-5-40-22(24)28-11/h1-3,5,8-9,14,16,20,37H,4,6-7H2,(H2,23,26)(H2,24,28)(H,27,32)(H,29,33)(H,35,36)/b30-15-/t14?,16-,20+/m1/s1. The Hall–Kier alpha value is -3.81. The maximum Gasteiger partial charge on any atom is 0.353 e. The molecule has 1 saturated heterocycles. The summed E-state index contributed by atoms with van der Waals surface area (Å²) in [5.41, 5.74) is 11.2. The van der Waals surface area contributed by atoms with E-state index in [1.54, 1.807) is 18.5 Å². The Kier molecular flexibility index (Phi) is 10.1. The van der Waals surface area contributed by atoms with Crippen molar-refractivity contribution < 1.29 is 29.5 Å². The van der Waals surface area contributed by atoms with Crippen LogP contribution in [0.5, 0.6) is 0 Å². The molecule has 0 aliphatic carbocycles. The van der Waals surface area contributed by atoms with Gasteiger partial charge in [0.15, 0.2) is 10.8 Å². The van der Waals surface area contributed by atoms with Crippen LogP contribution in [-0.4, -0.2) is 90.5 Å². The fourth-order valence-corrected chi connectivity index (χ4v) is 8.02. The second-order valence-corrected chi connectivity index (χ2v) is 12.3. The monoisotopic (exact) mass is 637 g/mol. The lowest BCUT2D eigenvalue weighted by atomic mass is 10.0. The molecule has 8 N–H and O–H groups in total. The van der Waals surface area contributed by atoms with Crippen LogP contribution in [0.25, 0.3) is 0 Å². The molecule has 4 heterocycles. The minimum Gasteiger partial charge on any atom is -0.477 e. The number of nitrogens with zero attached hydrogens (tertiary/aromatic N) is 5. The number of amides is 3. The van der Waals surface area contributed by atoms with Crippen LogP contribution >= 0.6 is 46.6 Å². The van der Waals surface area contributed by atoms with Crippen molar-refractivity contribution in [3.05, 3.63) is 45.7 Å². The summed E-state index contributed by atoms with van der Waals surface area (Å²) >= 11 is 5.04. The van der Waals surface area contributed by atoms with Crippen molar-refractivity contribution in [2.24, 2.45) is 15.9 Å². The largest absolute Gasteiger partial charge is 0.477 e. The molecule has 1 fully saturated rings. The van der Waals surface area contributed by atoms with Crippen molar-refractivity contribution in [1.82, 2.24) is 25.5 Å². The molecule has 19 heteroatoms. The smallest absolute Gasteiger partial charge is 0.353 e. The Bertz CT molecular complexity index is 1430. The lowest BCUT2D eigenvalue weighted by molar-refractivity contribution is -0.150. The van der Waals surface area contributed by atoms with Crippen LogP contribution in [0.15, 0.2) is 49.5 Å². The molecule has 0 bridgehead atoms. The molecular formula is C22H23N9O6S4. The number of aliphatic carboxylic acids is 1. The number of carbonyl (C=O) groups is 4. The van der Waals surface area contributed by atoms with Crippen LogP contribution in [0, 0.1) is 0 Å². The highest BCUT2D eigenvalue weighted by Crippen LogP contribution is 2.45. The molecule has 2 aliphatic heterocycles. The molecule has 0 spiro atoms. The molecule has 0 aromatic carbocycles. The third-order valence-corrected chi connectivity index (χ3v) is 10.1. The van der Waals surface area contributed by atoms with Gasteiger partial charge in [-0.15, -0.1) is 23.1 Å². The fourth-order valence-electron chi connectivity index (χ4n) is 3.84. The molecule has 2 aliphatic rings. The molecule has 2 aromatic rings. The van der Waals surface area contributed by atoms with Crippen LogP contribution in [-0.2, 0) is 24.9 Å². The fraction of sp³-hybridized carbons (Fsp3) is 0.273. The second kappa shape index (κ2) is 13.7. The lowest BCUT2D eigenvalue weighted by Gasteiger charge is -2.49. The number of carboxylic acids is 1. The summed E-state index contributed by atoms with van der Waals surface area (Å²) in [5.74, 6) is -1.53. The van der Waals surface area contributed by atoms with Gasteiger partial charge in [-0.25, -0.2) is 9.78 Å². The third kappa shape index (κ3) is 6.75. The molecule has 1 unspecified atom stereocenters. The number of hydrogen-bond acceptors (Lipinski definition) is 14. The molecule has 3 amide bonds. The van der Waals surface area contributed by atoms with Crippen molar-refractivity contribution in [1.29, 1.82) is 0 Å². The number of hydrogen-bond donors (Lipinski definition) is 6. The van der Waals surface area contributed by atoms with Gasteiger partial charge < -0.3 is 32.4 Å². The van der Waals surface area contributed by atoms with E-state index in [0.717, 1.165) is 33.0 Å². The van der Waals surface area contributed by atoms with E-state index in [0.29, 0.717) is 22.8 Å². The number of nitrogens with two attached hydrogens (primary N) is 2. The van der Waals surface area contributed by atoms with E-state index in [-0.39, 0.29) is 22.3 Å². The zero-order valence-electron chi connectivity index (χ0n) is 20.9. The summed E-state index contributed by atoms with van der Waals surface area (Å²) < 4.78 is 0. The number of carboxylic acid groups (broad SMARTS) is 1. The minimum absolute atomic E-state index is 0.0474. The average Bonchev–Trinajstić information content (AvgIpc) is 3.38. The summed E-state index contributed by atoms with van der Waals surface area (Å²) in [6, 6.07) is 0.725. The maximum atomic E-state index is 13.1. The van der Waals surface area contributed by atoms with Crippen molar-refractivity contribution in [3.63, 3.8) is 0 Å². The number of nitrogens with one attached hydrogen (secondary N) is 2. The number of thioether (sulfide) groups is 3. The first-order valence-corrected chi connectivity index (χ1v) is 15.5. The summed E-state index contributed by atoms with van der Waals surface area (Å²) in [4.78, 5) is 63.3. The first kappa shape index (κ1) is 30.2. The number of anilines is 1. The Morgan fingerprint density at radius 3 is 2.85 bits per heavy atom. The first-order chi connectivity index (χ1) is 19.8. The average molecular weight is 638 g/mol. The molecule has 15 nitrogen and oxygen atoms in total. The topological polar surface area (TPSA) is 239 Å². The van der Waals surface area contributed by atoms with Gasteiger partial charge in [0.1, 0.15) is 29.0 Å². The zero-order valence-corrected chi connectivity index (χ0v) is 24.1. The maximum absolute atomic E-state index is 13.1. The molecule has 2 aromatic heterocycles. The minimum atomic E-state index is -1.28. The molecule has 41 heavy (non-hydrogen) atoms. The van der Waals surface area contributed by atoms with Crippen LogP contribution < -0.4 is 22.1 Å². The highest BCUT2D eigenvalue weighted by Gasteiger charge is 2.54. The van der Waals surface area contributed by atoms with Gasteiger partial charge in [0.05, 0.1) is 6.34 Å². The van der Waals surface area contributed by atoms with E-state index >= 15 is 0 Å². The van der Waals surface area contributed by atoms with E-state index in [1.165, 1.54) is 40.7 Å². The van der Waals surface area contributed by atoms with Crippen molar-refractivity contribution in [3.8, 4) is 0 Å². The van der Waals surface area contributed by atoms with E-state index in [2.05, 4.69) is 30.7 Å². The molecule has 0 radical (unpaired) electrons.